The van der Waals surface area contributed by atoms with Crippen LogP contribution in [0.1, 0.15) is 57.0 Å². The van der Waals surface area contributed by atoms with Crippen LogP contribution >= 0.6 is 23.5 Å². The van der Waals surface area contributed by atoms with Crippen molar-refractivity contribution in [3.8, 4) is 11.1 Å². The highest BCUT2D eigenvalue weighted by atomic mass is 32.2. The van der Waals surface area contributed by atoms with Crippen LogP contribution in [0.4, 0.5) is 0 Å². The minimum atomic E-state index is 0.168. The SMILES string of the molecule is CCCSc1ccc(C(=O)SC(C)C)c(-c2ccccc2CC(C)C)c1. The Bertz CT molecular complexity index is 735. The van der Waals surface area contributed by atoms with E-state index in [2.05, 4.69) is 71.0 Å². The number of carbonyl (C=O) groups excluding carboxylic acids is 1. The highest BCUT2D eigenvalue weighted by Gasteiger charge is 2.18. The van der Waals surface area contributed by atoms with E-state index in [1.165, 1.54) is 27.8 Å². The summed E-state index contributed by atoms with van der Waals surface area (Å²) in [6.45, 7) is 10.8. The smallest absolute Gasteiger partial charge is 0.220 e. The predicted octanol–water partition coefficient (Wildman–Crippen LogP) is 7.34. The Morgan fingerprint density at radius 2 is 1.73 bits per heavy atom. The van der Waals surface area contributed by atoms with Crippen LogP contribution in [0.15, 0.2) is 47.4 Å². The fourth-order valence-electron chi connectivity index (χ4n) is 2.91. The monoisotopic (exact) mass is 386 g/mol. The lowest BCUT2D eigenvalue weighted by atomic mass is 9.91. The van der Waals surface area contributed by atoms with Gasteiger partial charge in [0.1, 0.15) is 0 Å². The van der Waals surface area contributed by atoms with Crippen LogP contribution in [-0.4, -0.2) is 16.1 Å². The van der Waals surface area contributed by atoms with Gasteiger partial charge in [0.25, 0.3) is 0 Å². The molecule has 26 heavy (non-hydrogen) atoms. The quantitative estimate of drug-likeness (QED) is 0.442. The Hall–Kier alpha value is -1.19. The van der Waals surface area contributed by atoms with Crippen molar-refractivity contribution in [2.75, 3.05) is 5.75 Å². The van der Waals surface area contributed by atoms with Crippen molar-refractivity contribution in [2.45, 2.75) is 57.6 Å². The van der Waals surface area contributed by atoms with Crippen LogP contribution in [0, 0.1) is 5.92 Å². The molecule has 0 aliphatic rings. The van der Waals surface area contributed by atoms with Crippen molar-refractivity contribution >= 4 is 28.6 Å². The number of rotatable bonds is 8. The van der Waals surface area contributed by atoms with E-state index in [-0.39, 0.29) is 10.4 Å². The molecule has 140 valence electrons. The van der Waals surface area contributed by atoms with E-state index in [4.69, 9.17) is 0 Å². The molecule has 1 nitrogen and oxygen atoms in total. The second-order valence-electron chi connectivity index (χ2n) is 7.27. The molecule has 2 rings (SSSR count). The van der Waals surface area contributed by atoms with Crippen molar-refractivity contribution in [1.29, 1.82) is 0 Å². The topological polar surface area (TPSA) is 17.1 Å². The van der Waals surface area contributed by atoms with E-state index in [1.807, 2.05) is 17.8 Å². The predicted molar refractivity (Wildman–Crippen MR) is 118 cm³/mol. The molecule has 0 aliphatic carbocycles. The van der Waals surface area contributed by atoms with E-state index in [0.29, 0.717) is 5.92 Å². The third kappa shape index (κ3) is 5.92. The zero-order valence-corrected chi connectivity index (χ0v) is 18.2. The van der Waals surface area contributed by atoms with Gasteiger partial charge in [-0.2, -0.15) is 0 Å². The van der Waals surface area contributed by atoms with Gasteiger partial charge in [-0.3, -0.25) is 4.79 Å². The first-order valence-electron chi connectivity index (χ1n) is 9.48. The number of thioether (sulfide) groups is 2. The highest BCUT2D eigenvalue weighted by molar-refractivity contribution is 8.14. The van der Waals surface area contributed by atoms with E-state index in [1.54, 1.807) is 0 Å². The molecule has 0 radical (unpaired) electrons. The van der Waals surface area contributed by atoms with Gasteiger partial charge in [0.15, 0.2) is 0 Å². The van der Waals surface area contributed by atoms with E-state index in [9.17, 15) is 4.79 Å². The minimum absolute atomic E-state index is 0.168. The molecule has 0 aliphatic heterocycles. The normalized spacial score (nSPS) is 11.3. The van der Waals surface area contributed by atoms with Crippen LogP contribution in [0.2, 0.25) is 0 Å². The van der Waals surface area contributed by atoms with Crippen molar-refractivity contribution in [3.63, 3.8) is 0 Å². The lowest BCUT2D eigenvalue weighted by Gasteiger charge is -2.16. The Morgan fingerprint density at radius 1 is 1.00 bits per heavy atom. The van der Waals surface area contributed by atoms with E-state index >= 15 is 0 Å². The average molecular weight is 387 g/mol. The summed E-state index contributed by atoms with van der Waals surface area (Å²) in [5.74, 6) is 1.68. The van der Waals surface area contributed by atoms with Gasteiger partial charge in [-0.25, -0.2) is 0 Å². The van der Waals surface area contributed by atoms with Crippen LogP contribution < -0.4 is 0 Å². The molecule has 0 unspecified atom stereocenters. The van der Waals surface area contributed by atoms with E-state index in [0.717, 1.165) is 29.7 Å². The van der Waals surface area contributed by atoms with Gasteiger partial charge in [0.2, 0.25) is 5.12 Å². The van der Waals surface area contributed by atoms with Gasteiger partial charge < -0.3 is 0 Å². The number of hydrogen-bond donors (Lipinski definition) is 0. The van der Waals surface area contributed by atoms with Gasteiger partial charge in [0, 0.05) is 15.7 Å². The molecule has 0 aromatic heterocycles. The maximum atomic E-state index is 12.9. The lowest BCUT2D eigenvalue weighted by molar-refractivity contribution is 0.108. The lowest BCUT2D eigenvalue weighted by Crippen LogP contribution is -2.04. The summed E-state index contributed by atoms with van der Waals surface area (Å²) in [7, 11) is 0. The van der Waals surface area contributed by atoms with Crippen LogP contribution in [-0.2, 0) is 6.42 Å². The molecule has 2 aromatic carbocycles. The standard InChI is InChI=1S/C23H30OS2/c1-6-13-25-19-11-12-21(23(24)26-17(4)5)22(15-19)20-10-8-7-9-18(20)14-16(2)3/h7-12,15-17H,6,13-14H2,1-5H3. The molecule has 0 saturated carbocycles. The first kappa shape index (κ1) is 21.1. The molecule has 0 heterocycles. The van der Waals surface area contributed by atoms with Gasteiger partial charge in [0.05, 0.1) is 0 Å². The Balaban J connectivity index is 2.54. The maximum absolute atomic E-state index is 12.9. The maximum Gasteiger partial charge on any atom is 0.220 e. The molecule has 0 fully saturated rings. The van der Waals surface area contributed by atoms with Crippen molar-refractivity contribution < 1.29 is 4.79 Å². The molecule has 2 aromatic rings. The van der Waals surface area contributed by atoms with Gasteiger partial charge >= 0.3 is 0 Å². The summed E-state index contributed by atoms with van der Waals surface area (Å²) in [5.41, 5.74) is 4.44. The van der Waals surface area contributed by atoms with Gasteiger partial charge in [-0.15, -0.1) is 11.8 Å². The number of hydrogen-bond acceptors (Lipinski definition) is 3. The Labute approximate surface area is 167 Å². The van der Waals surface area contributed by atoms with Gasteiger partial charge in [-0.05, 0) is 59.4 Å². The molecule has 0 N–H and O–H groups in total. The largest absolute Gasteiger partial charge is 0.282 e. The Morgan fingerprint density at radius 3 is 2.38 bits per heavy atom. The molecule has 0 bridgehead atoms. The molecular formula is C23H30OS2. The fourth-order valence-corrected chi connectivity index (χ4v) is 4.45. The first-order valence-corrected chi connectivity index (χ1v) is 11.3. The summed E-state index contributed by atoms with van der Waals surface area (Å²) >= 11 is 3.28. The number of carbonyl (C=O) groups is 1. The molecular weight excluding hydrogens is 356 g/mol. The average Bonchev–Trinajstić information content (AvgIpc) is 2.59. The van der Waals surface area contributed by atoms with Crippen molar-refractivity contribution in [3.05, 3.63) is 53.6 Å². The second kappa shape index (κ2) is 10.2. The fraction of sp³-hybridized carbons (Fsp3) is 0.435. The summed E-state index contributed by atoms with van der Waals surface area (Å²) in [6, 6.07) is 14.9. The zero-order chi connectivity index (χ0) is 19.1. The second-order valence-corrected chi connectivity index (χ2v) is 9.98. The molecule has 3 heteroatoms. The van der Waals surface area contributed by atoms with Gasteiger partial charge in [-0.1, -0.05) is 70.6 Å². The van der Waals surface area contributed by atoms with Crippen LogP contribution in [0.25, 0.3) is 11.1 Å². The first-order chi connectivity index (χ1) is 12.4. The van der Waals surface area contributed by atoms with Crippen LogP contribution in [0.3, 0.4) is 0 Å². The van der Waals surface area contributed by atoms with Crippen molar-refractivity contribution in [2.24, 2.45) is 5.92 Å². The summed E-state index contributed by atoms with van der Waals surface area (Å²) in [4.78, 5) is 14.1. The minimum Gasteiger partial charge on any atom is -0.282 e. The third-order valence-corrected chi connectivity index (χ3v) is 6.07. The summed E-state index contributed by atoms with van der Waals surface area (Å²) < 4.78 is 0. The summed E-state index contributed by atoms with van der Waals surface area (Å²) in [5, 5.41) is 0.455. The summed E-state index contributed by atoms with van der Waals surface area (Å²) in [6.07, 6.45) is 2.17. The zero-order valence-electron chi connectivity index (χ0n) is 16.5. The molecule has 0 spiro atoms. The molecule has 0 atom stereocenters. The van der Waals surface area contributed by atoms with Crippen LogP contribution in [0.5, 0.6) is 0 Å². The Kier molecular flexibility index (Phi) is 8.30. The molecule has 0 saturated heterocycles. The van der Waals surface area contributed by atoms with Crippen molar-refractivity contribution in [1.82, 2.24) is 0 Å². The number of benzene rings is 2. The highest BCUT2D eigenvalue weighted by Crippen LogP contribution is 2.35. The van der Waals surface area contributed by atoms with E-state index < -0.39 is 0 Å². The molecule has 0 amide bonds. The third-order valence-electron chi connectivity index (χ3n) is 3.96.